The molecule has 0 aromatic heterocycles. The summed E-state index contributed by atoms with van der Waals surface area (Å²) in [5, 5.41) is 6.99. The number of anilines is 1. The van der Waals surface area contributed by atoms with E-state index in [9.17, 15) is 0 Å². The Labute approximate surface area is 126 Å². The van der Waals surface area contributed by atoms with Crippen LogP contribution in [-0.2, 0) is 9.47 Å². The second-order valence-corrected chi connectivity index (χ2v) is 5.05. The molecule has 0 aliphatic carbocycles. The Hall–Kier alpha value is -1.17. The third-order valence-electron chi connectivity index (χ3n) is 2.95. The van der Waals surface area contributed by atoms with Crippen LogP contribution < -0.4 is 10.6 Å². The van der Waals surface area contributed by atoms with Crippen LogP contribution in [0.5, 0.6) is 0 Å². The molecule has 1 aromatic carbocycles. The lowest BCUT2D eigenvalue weighted by atomic mass is 10.1. The number of thiocarbonyl (C=S) groups is 1. The van der Waals surface area contributed by atoms with Crippen molar-refractivity contribution in [2.24, 2.45) is 0 Å². The summed E-state index contributed by atoms with van der Waals surface area (Å²) in [4.78, 5) is 0. The molecule has 0 radical (unpaired) electrons. The summed E-state index contributed by atoms with van der Waals surface area (Å²) in [7, 11) is 1.67. The molecule has 2 N–H and O–H groups in total. The molecule has 0 unspecified atom stereocenters. The molecule has 5 heteroatoms. The lowest BCUT2D eigenvalue weighted by Crippen LogP contribution is -2.29. The van der Waals surface area contributed by atoms with Gasteiger partial charge < -0.3 is 20.1 Å². The highest BCUT2D eigenvalue weighted by Gasteiger charge is 1.99. The first-order valence-corrected chi connectivity index (χ1v) is 7.23. The van der Waals surface area contributed by atoms with Gasteiger partial charge in [0.2, 0.25) is 0 Å². The van der Waals surface area contributed by atoms with Crippen LogP contribution in [0.2, 0.25) is 0 Å². The van der Waals surface area contributed by atoms with Gasteiger partial charge in [-0.05, 0) is 55.7 Å². The summed E-state index contributed by atoms with van der Waals surface area (Å²) in [5.41, 5.74) is 3.55. The third-order valence-corrected chi connectivity index (χ3v) is 3.19. The van der Waals surface area contributed by atoms with E-state index in [-0.39, 0.29) is 0 Å². The fourth-order valence-corrected chi connectivity index (χ4v) is 1.83. The van der Waals surface area contributed by atoms with Crippen molar-refractivity contribution in [1.29, 1.82) is 0 Å². The van der Waals surface area contributed by atoms with Gasteiger partial charge in [0.1, 0.15) is 0 Å². The Balaban J connectivity index is 2.15. The zero-order chi connectivity index (χ0) is 14.8. The highest BCUT2D eigenvalue weighted by Crippen LogP contribution is 2.13. The predicted octanol–water partition coefficient (Wildman–Crippen LogP) is 2.64. The second kappa shape index (κ2) is 9.69. The normalized spacial score (nSPS) is 10.3. The van der Waals surface area contributed by atoms with E-state index in [0.717, 1.165) is 18.7 Å². The van der Waals surface area contributed by atoms with Crippen LogP contribution in [0.1, 0.15) is 17.5 Å². The number of aryl methyl sites for hydroxylation is 2. The van der Waals surface area contributed by atoms with Crippen LogP contribution in [0.25, 0.3) is 0 Å². The van der Waals surface area contributed by atoms with E-state index in [0.29, 0.717) is 24.9 Å². The molecular weight excluding hydrogens is 272 g/mol. The van der Waals surface area contributed by atoms with Crippen molar-refractivity contribution in [3.05, 3.63) is 29.3 Å². The van der Waals surface area contributed by atoms with Crippen LogP contribution in [0.15, 0.2) is 18.2 Å². The number of nitrogens with one attached hydrogen (secondary N) is 2. The van der Waals surface area contributed by atoms with Crippen molar-refractivity contribution < 1.29 is 9.47 Å². The van der Waals surface area contributed by atoms with Crippen LogP contribution in [-0.4, -0.2) is 38.6 Å². The smallest absolute Gasteiger partial charge is 0.170 e. The molecule has 0 saturated carbocycles. The maximum Gasteiger partial charge on any atom is 0.170 e. The van der Waals surface area contributed by atoms with Crippen LogP contribution >= 0.6 is 12.2 Å². The molecular formula is C15H24N2O2S. The SMILES string of the molecule is COCCOCCCNC(=S)Nc1ccc(C)c(C)c1. The van der Waals surface area contributed by atoms with Gasteiger partial charge in [-0.2, -0.15) is 0 Å². The van der Waals surface area contributed by atoms with E-state index in [2.05, 4.69) is 36.6 Å². The highest BCUT2D eigenvalue weighted by atomic mass is 32.1. The minimum atomic E-state index is 0.639. The summed E-state index contributed by atoms with van der Waals surface area (Å²) in [5.74, 6) is 0. The zero-order valence-corrected chi connectivity index (χ0v) is 13.3. The molecule has 0 aliphatic heterocycles. The summed E-state index contributed by atoms with van der Waals surface area (Å²) in [6, 6.07) is 6.21. The van der Waals surface area contributed by atoms with Gasteiger partial charge in [0.15, 0.2) is 5.11 Å². The van der Waals surface area contributed by atoms with Crippen molar-refractivity contribution in [2.45, 2.75) is 20.3 Å². The van der Waals surface area contributed by atoms with Gasteiger partial charge in [0.05, 0.1) is 13.2 Å². The van der Waals surface area contributed by atoms with Gasteiger partial charge in [-0.25, -0.2) is 0 Å². The van der Waals surface area contributed by atoms with Crippen molar-refractivity contribution in [3.63, 3.8) is 0 Å². The van der Waals surface area contributed by atoms with Gasteiger partial charge >= 0.3 is 0 Å². The molecule has 0 aliphatic rings. The average Bonchev–Trinajstić information content (AvgIpc) is 2.42. The van der Waals surface area contributed by atoms with E-state index in [1.54, 1.807) is 7.11 Å². The Morgan fingerprint density at radius 3 is 2.65 bits per heavy atom. The molecule has 112 valence electrons. The molecule has 0 amide bonds. The molecule has 0 atom stereocenters. The van der Waals surface area contributed by atoms with Crippen molar-refractivity contribution in [1.82, 2.24) is 5.32 Å². The number of benzene rings is 1. The lowest BCUT2D eigenvalue weighted by molar-refractivity contribution is 0.0699. The quantitative estimate of drug-likeness (QED) is 0.570. The van der Waals surface area contributed by atoms with Gasteiger partial charge in [-0.1, -0.05) is 6.07 Å². The van der Waals surface area contributed by atoms with Gasteiger partial charge in [0.25, 0.3) is 0 Å². The molecule has 0 fully saturated rings. The Kier molecular flexibility index (Phi) is 8.18. The Bertz CT molecular complexity index is 424. The first-order chi connectivity index (χ1) is 9.63. The maximum absolute atomic E-state index is 5.37. The van der Waals surface area contributed by atoms with Gasteiger partial charge in [0, 0.05) is 25.9 Å². The third kappa shape index (κ3) is 6.84. The number of ether oxygens (including phenoxy) is 2. The summed E-state index contributed by atoms with van der Waals surface area (Å²) < 4.78 is 10.3. The molecule has 4 nitrogen and oxygen atoms in total. The average molecular weight is 296 g/mol. The van der Waals surface area contributed by atoms with E-state index in [4.69, 9.17) is 21.7 Å². The zero-order valence-electron chi connectivity index (χ0n) is 12.5. The number of rotatable bonds is 8. The van der Waals surface area contributed by atoms with Gasteiger partial charge in [-0.15, -0.1) is 0 Å². The fourth-order valence-electron chi connectivity index (χ4n) is 1.61. The predicted molar refractivity (Wildman–Crippen MR) is 87.5 cm³/mol. The first kappa shape index (κ1) is 16.9. The number of hydrogen-bond donors (Lipinski definition) is 2. The first-order valence-electron chi connectivity index (χ1n) is 6.82. The molecule has 1 aromatic rings. The molecule has 1 rings (SSSR count). The topological polar surface area (TPSA) is 42.5 Å². The molecule has 0 saturated heterocycles. The standard InChI is InChI=1S/C15H24N2O2S/c1-12-5-6-14(11-13(12)2)17-15(20)16-7-4-8-19-10-9-18-3/h5-6,11H,4,7-10H2,1-3H3,(H2,16,17,20). The lowest BCUT2D eigenvalue weighted by Gasteiger charge is -2.12. The largest absolute Gasteiger partial charge is 0.382 e. The maximum atomic E-state index is 5.37. The molecule has 0 heterocycles. The highest BCUT2D eigenvalue weighted by molar-refractivity contribution is 7.80. The Morgan fingerprint density at radius 1 is 1.15 bits per heavy atom. The van der Waals surface area contributed by atoms with Crippen LogP contribution in [0, 0.1) is 13.8 Å². The van der Waals surface area contributed by atoms with Crippen LogP contribution in [0.4, 0.5) is 5.69 Å². The van der Waals surface area contributed by atoms with E-state index in [1.807, 2.05) is 6.07 Å². The monoisotopic (exact) mass is 296 g/mol. The summed E-state index contributed by atoms with van der Waals surface area (Å²) in [6.07, 6.45) is 0.915. The fraction of sp³-hybridized carbons (Fsp3) is 0.533. The van der Waals surface area contributed by atoms with Crippen molar-refractivity contribution >= 4 is 23.0 Å². The van der Waals surface area contributed by atoms with Crippen LogP contribution in [0.3, 0.4) is 0 Å². The molecule has 20 heavy (non-hydrogen) atoms. The number of hydrogen-bond acceptors (Lipinski definition) is 3. The van der Waals surface area contributed by atoms with E-state index >= 15 is 0 Å². The van der Waals surface area contributed by atoms with E-state index < -0.39 is 0 Å². The summed E-state index contributed by atoms with van der Waals surface area (Å²) in [6.45, 7) is 6.97. The Morgan fingerprint density at radius 2 is 1.95 bits per heavy atom. The van der Waals surface area contributed by atoms with E-state index in [1.165, 1.54) is 11.1 Å². The summed E-state index contributed by atoms with van der Waals surface area (Å²) >= 11 is 5.25. The minimum absolute atomic E-state index is 0.639. The molecule has 0 spiro atoms. The second-order valence-electron chi connectivity index (χ2n) is 4.64. The number of methoxy groups -OCH3 is 1. The minimum Gasteiger partial charge on any atom is -0.382 e. The molecule has 0 bridgehead atoms. The van der Waals surface area contributed by atoms with Crippen molar-refractivity contribution in [2.75, 3.05) is 38.8 Å². The van der Waals surface area contributed by atoms with Gasteiger partial charge in [-0.3, -0.25) is 0 Å². The van der Waals surface area contributed by atoms with Crippen molar-refractivity contribution in [3.8, 4) is 0 Å².